The lowest BCUT2D eigenvalue weighted by molar-refractivity contribution is -0.143. The molecule has 0 radical (unpaired) electrons. The van der Waals surface area contributed by atoms with E-state index in [2.05, 4.69) is 10.3 Å². The molecule has 0 atom stereocenters. The van der Waals surface area contributed by atoms with Gasteiger partial charge in [0.25, 0.3) is 5.91 Å². The Hall–Kier alpha value is -3.23. The van der Waals surface area contributed by atoms with Crippen LogP contribution in [0.3, 0.4) is 0 Å². The van der Waals surface area contributed by atoms with Crippen LogP contribution in [0.2, 0.25) is 0 Å². The maximum Gasteiger partial charge on any atom is 0.435 e. The van der Waals surface area contributed by atoms with Crippen molar-refractivity contribution in [2.24, 2.45) is 0 Å². The summed E-state index contributed by atoms with van der Waals surface area (Å²) < 4.78 is 54.7. The third-order valence-corrected chi connectivity index (χ3v) is 4.41. The van der Waals surface area contributed by atoms with Gasteiger partial charge in [-0.05, 0) is 41.8 Å². The van der Waals surface area contributed by atoms with E-state index in [9.17, 15) is 22.4 Å². The fraction of sp³-hybridized carbons (Fsp3) is 0.250. The van der Waals surface area contributed by atoms with Gasteiger partial charge in [0.15, 0.2) is 11.4 Å². The van der Waals surface area contributed by atoms with E-state index in [1.165, 1.54) is 7.05 Å². The zero-order valence-corrected chi connectivity index (χ0v) is 15.7. The molecule has 0 N–H and O–H groups in total. The highest BCUT2D eigenvalue weighted by Crippen LogP contribution is 2.33. The molecule has 3 aromatic rings. The molecule has 2 aromatic carbocycles. The van der Waals surface area contributed by atoms with Crippen LogP contribution in [0.25, 0.3) is 5.69 Å². The van der Waals surface area contributed by atoms with Gasteiger partial charge in [-0.1, -0.05) is 36.4 Å². The van der Waals surface area contributed by atoms with Gasteiger partial charge in [-0.15, -0.1) is 5.10 Å². The Morgan fingerprint density at radius 2 is 1.62 bits per heavy atom. The predicted molar refractivity (Wildman–Crippen MR) is 97.9 cm³/mol. The van der Waals surface area contributed by atoms with Gasteiger partial charge >= 0.3 is 6.18 Å². The molecule has 0 saturated carbocycles. The van der Waals surface area contributed by atoms with Crippen LogP contribution in [-0.4, -0.2) is 32.8 Å². The molecule has 1 heterocycles. The topological polar surface area (TPSA) is 51.0 Å². The Labute approximate surface area is 164 Å². The molecule has 3 rings (SSSR count). The second kappa shape index (κ2) is 8.02. The van der Waals surface area contributed by atoms with Crippen LogP contribution in [0.1, 0.15) is 34.2 Å². The van der Waals surface area contributed by atoms with Gasteiger partial charge in [0.05, 0.1) is 5.69 Å². The number of carbonyl (C=O) groups excluding carboxylic acids is 1. The summed E-state index contributed by atoms with van der Waals surface area (Å²) in [7, 11) is 1.40. The van der Waals surface area contributed by atoms with Gasteiger partial charge in [0.2, 0.25) is 0 Å². The SMILES string of the molecule is CCc1ccc(CN(C)C(=O)c2nnn(-c3ccc(F)cc3)c2C(F)(F)F)cc1. The molecular formula is C20H18F4N4O. The van der Waals surface area contributed by atoms with E-state index < -0.39 is 29.3 Å². The lowest BCUT2D eigenvalue weighted by atomic mass is 10.1. The monoisotopic (exact) mass is 406 g/mol. The van der Waals surface area contributed by atoms with Gasteiger partial charge in [-0.25, -0.2) is 9.07 Å². The highest BCUT2D eigenvalue weighted by atomic mass is 19.4. The van der Waals surface area contributed by atoms with Crippen LogP contribution < -0.4 is 0 Å². The number of hydrogen-bond acceptors (Lipinski definition) is 3. The molecule has 9 heteroatoms. The summed E-state index contributed by atoms with van der Waals surface area (Å²) in [5.74, 6) is -1.52. The van der Waals surface area contributed by atoms with Gasteiger partial charge in [-0.3, -0.25) is 4.79 Å². The van der Waals surface area contributed by atoms with Crippen molar-refractivity contribution < 1.29 is 22.4 Å². The van der Waals surface area contributed by atoms with E-state index in [1.807, 2.05) is 31.2 Å². The first kappa shape index (κ1) is 20.5. The fourth-order valence-electron chi connectivity index (χ4n) is 2.85. The number of carbonyl (C=O) groups is 1. The third-order valence-electron chi connectivity index (χ3n) is 4.41. The zero-order chi connectivity index (χ0) is 21.2. The van der Waals surface area contributed by atoms with E-state index >= 15 is 0 Å². The predicted octanol–water partition coefficient (Wildman–Crippen LogP) is 4.26. The number of nitrogens with zero attached hydrogens (tertiary/aromatic N) is 4. The fourth-order valence-corrected chi connectivity index (χ4v) is 2.85. The van der Waals surface area contributed by atoms with Crippen molar-refractivity contribution in [3.63, 3.8) is 0 Å². The van der Waals surface area contributed by atoms with Crippen molar-refractivity contribution in [3.8, 4) is 5.69 Å². The summed E-state index contributed by atoms with van der Waals surface area (Å²) in [4.78, 5) is 13.8. The largest absolute Gasteiger partial charge is 0.435 e. The average Bonchev–Trinajstić information content (AvgIpc) is 3.14. The first-order valence-corrected chi connectivity index (χ1v) is 8.82. The summed E-state index contributed by atoms with van der Waals surface area (Å²) in [6, 6.07) is 11.7. The molecule has 5 nitrogen and oxygen atoms in total. The molecule has 0 fully saturated rings. The van der Waals surface area contributed by atoms with Gasteiger partial charge in [-0.2, -0.15) is 13.2 Å². The lowest BCUT2D eigenvalue weighted by Crippen LogP contribution is -2.29. The van der Waals surface area contributed by atoms with Crippen molar-refractivity contribution >= 4 is 5.91 Å². The van der Waals surface area contributed by atoms with Crippen molar-refractivity contribution in [3.05, 3.63) is 76.9 Å². The number of aryl methyl sites for hydroxylation is 1. The summed E-state index contributed by atoms with van der Waals surface area (Å²) >= 11 is 0. The highest BCUT2D eigenvalue weighted by molar-refractivity contribution is 5.93. The molecule has 0 spiro atoms. The van der Waals surface area contributed by atoms with Gasteiger partial charge in [0.1, 0.15) is 5.82 Å². The molecule has 0 saturated heterocycles. The molecule has 29 heavy (non-hydrogen) atoms. The Morgan fingerprint density at radius 1 is 1.03 bits per heavy atom. The van der Waals surface area contributed by atoms with Gasteiger partial charge < -0.3 is 4.90 Å². The molecule has 0 unspecified atom stereocenters. The second-order valence-electron chi connectivity index (χ2n) is 6.50. The van der Waals surface area contributed by atoms with Crippen molar-refractivity contribution in [2.75, 3.05) is 7.05 Å². The number of benzene rings is 2. The molecular weight excluding hydrogens is 388 g/mol. The van der Waals surface area contributed by atoms with Crippen molar-refractivity contribution in [1.82, 2.24) is 19.9 Å². The average molecular weight is 406 g/mol. The minimum Gasteiger partial charge on any atom is -0.336 e. The minimum absolute atomic E-state index is 0.0527. The first-order valence-electron chi connectivity index (χ1n) is 8.82. The normalized spacial score (nSPS) is 11.5. The summed E-state index contributed by atoms with van der Waals surface area (Å²) in [6.07, 6.45) is -4.02. The molecule has 0 aliphatic heterocycles. The van der Waals surface area contributed by atoms with E-state index in [0.29, 0.717) is 4.68 Å². The van der Waals surface area contributed by atoms with Gasteiger partial charge in [0, 0.05) is 13.6 Å². The number of halogens is 4. The molecule has 0 aliphatic carbocycles. The number of hydrogen-bond donors (Lipinski definition) is 0. The maximum absolute atomic E-state index is 13.7. The third kappa shape index (κ3) is 4.44. The summed E-state index contributed by atoms with van der Waals surface area (Å²) in [6.45, 7) is 2.12. The molecule has 152 valence electrons. The van der Waals surface area contributed by atoms with Crippen LogP contribution in [0.15, 0.2) is 48.5 Å². The van der Waals surface area contributed by atoms with E-state index in [4.69, 9.17) is 0 Å². The minimum atomic E-state index is -4.88. The van der Waals surface area contributed by atoms with Crippen LogP contribution in [0.5, 0.6) is 0 Å². The second-order valence-corrected chi connectivity index (χ2v) is 6.50. The molecule has 1 aromatic heterocycles. The first-order chi connectivity index (χ1) is 13.7. The van der Waals surface area contributed by atoms with Crippen LogP contribution in [-0.2, 0) is 19.1 Å². The van der Waals surface area contributed by atoms with Crippen LogP contribution in [0, 0.1) is 5.82 Å². The highest BCUT2D eigenvalue weighted by Gasteiger charge is 2.42. The zero-order valence-electron chi connectivity index (χ0n) is 15.7. The Balaban J connectivity index is 1.92. The Kier molecular flexibility index (Phi) is 5.67. The molecule has 0 aliphatic rings. The number of alkyl halides is 3. The van der Waals surface area contributed by atoms with Crippen LogP contribution in [0.4, 0.5) is 17.6 Å². The molecule has 0 bridgehead atoms. The van der Waals surface area contributed by atoms with Crippen LogP contribution >= 0.6 is 0 Å². The van der Waals surface area contributed by atoms with E-state index in [0.717, 1.165) is 46.7 Å². The quantitative estimate of drug-likeness (QED) is 0.595. The lowest BCUT2D eigenvalue weighted by Gasteiger charge is -2.18. The van der Waals surface area contributed by atoms with E-state index in [1.54, 1.807) is 0 Å². The number of amides is 1. The summed E-state index contributed by atoms with van der Waals surface area (Å²) in [5.41, 5.74) is -0.276. The number of rotatable bonds is 5. The van der Waals surface area contributed by atoms with E-state index in [-0.39, 0.29) is 12.2 Å². The maximum atomic E-state index is 13.7. The number of aromatic nitrogens is 3. The van der Waals surface area contributed by atoms with Crippen molar-refractivity contribution in [1.29, 1.82) is 0 Å². The van der Waals surface area contributed by atoms with Crippen molar-refractivity contribution in [2.45, 2.75) is 26.1 Å². The smallest absolute Gasteiger partial charge is 0.336 e. The molecule has 1 amide bonds. The Morgan fingerprint density at radius 3 is 2.17 bits per heavy atom. The Bertz CT molecular complexity index is 995. The summed E-state index contributed by atoms with van der Waals surface area (Å²) in [5, 5.41) is 6.97. The standard InChI is InChI=1S/C20H18F4N4O/c1-3-13-4-6-14(7-5-13)12-27(2)19(29)17-18(20(22,23)24)28(26-25-17)16-10-8-15(21)9-11-16/h4-11H,3,12H2,1-2H3.